The molecule has 7 nitrogen and oxygen atoms in total. The second-order valence-corrected chi connectivity index (χ2v) is 8.30. The fourth-order valence-electron chi connectivity index (χ4n) is 2.44. The van der Waals surface area contributed by atoms with Crippen LogP contribution in [0.15, 0.2) is 64.5 Å². The molecule has 160 valence electrons. The molecule has 0 saturated heterocycles. The molecule has 0 aliphatic heterocycles. The molecule has 2 rings (SSSR count). The fraction of sp³-hybridized carbons (Fsp3) is 0.350. The zero-order valence-corrected chi connectivity index (χ0v) is 20.1. The van der Waals surface area contributed by atoms with Gasteiger partial charge < -0.3 is 15.4 Å². The first kappa shape index (κ1) is 25.2. The summed E-state index contributed by atoms with van der Waals surface area (Å²) in [6.07, 6.45) is 0. The van der Waals surface area contributed by atoms with Crippen LogP contribution in [0.3, 0.4) is 0 Å². The van der Waals surface area contributed by atoms with Gasteiger partial charge >= 0.3 is 0 Å². The molecule has 0 fully saturated rings. The first-order valence-electron chi connectivity index (χ1n) is 9.15. The van der Waals surface area contributed by atoms with E-state index >= 15 is 0 Å². The molecule has 0 aromatic heterocycles. The Kier molecular flexibility index (Phi) is 11.0. The number of aliphatic imine (C=N–C) groups is 1. The Morgan fingerprint density at radius 1 is 1.03 bits per heavy atom. The molecule has 0 aliphatic carbocycles. The van der Waals surface area contributed by atoms with Crippen LogP contribution in [0.5, 0.6) is 5.75 Å². The van der Waals surface area contributed by atoms with Crippen molar-refractivity contribution in [2.24, 2.45) is 4.99 Å². The number of rotatable bonds is 9. The summed E-state index contributed by atoms with van der Waals surface area (Å²) in [6.45, 7) is 3.97. The molecule has 0 heterocycles. The summed E-state index contributed by atoms with van der Waals surface area (Å²) >= 11 is 0. The first-order chi connectivity index (χ1) is 13.4. The quantitative estimate of drug-likeness (QED) is 0.225. The minimum absolute atomic E-state index is 0. The Labute approximate surface area is 190 Å². The molecular formula is C20H29IN4O3S. The highest BCUT2D eigenvalue weighted by molar-refractivity contribution is 14.0. The summed E-state index contributed by atoms with van der Waals surface area (Å²) < 4.78 is 31.9. The van der Waals surface area contributed by atoms with Crippen LogP contribution in [0.2, 0.25) is 0 Å². The Morgan fingerprint density at radius 2 is 1.69 bits per heavy atom. The molecule has 2 aromatic rings. The van der Waals surface area contributed by atoms with Crippen molar-refractivity contribution in [2.45, 2.75) is 18.4 Å². The molecule has 0 saturated carbocycles. The molecule has 0 atom stereocenters. The molecular weight excluding hydrogens is 503 g/mol. The average molecular weight is 532 g/mol. The van der Waals surface area contributed by atoms with Crippen LogP contribution in [0.25, 0.3) is 0 Å². The van der Waals surface area contributed by atoms with E-state index in [0.29, 0.717) is 31.2 Å². The van der Waals surface area contributed by atoms with Crippen molar-refractivity contribution in [1.29, 1.82) is 0 Å². The lowest BCUT2D eigenvalue weighted by atomic mass is 10.2. The summed E-state index contributed by atoms with van der Waals surface area (Å²) in [7, 11) is -0.473. The predicted molar refractivity (Wildman–Crippen MR) is 127 cm³/mol. The van der Waals surface area contributed by atoms with Gasteiger partial charge in [-0.2, -0.15) is 0 Å². The third-order valence-electron chi connectivity index (χ3n) is 3.89. The number of nitrogens with one attached hydrogen (secondary N) is 2. The Hall–Kier alpha value is -1.85. The van der Waals surface area contributed by atoms with Crippen molar-refractivity contribution < 1.29 is 13.2 Å². The van der Waals surface area contributed by atoms with E-state index in [1.165, 1.54) is 18.4 Å². The third kappa shape index (κ3) is 7.82. The zero-order valence-electron chi connectivity index (χ0n) is 17.0. The van der Waals surface area contributed by atoms with E-state index in [9.17, 15) is 8.42 Å². The lowest BCUT2D eigenvalue weighted by Crippen LogP contribution is -2.39. The van der Waals surface area contributed by atoms with E-state index in [1.807, 2.05) is 43.3 Å². The van der Waals surface area contributed by atoms with Crippen LogP contribution in [-0.2, 0) is 16.6 Å². The Balaban J connectivity index is 0.00000420. The summed E-state index contributed by atoms with van der Waals surface area (Å²) in [6, 6.07) is 16.5. The number of para-hydroxylation sites is 1. The highest BCUT2D eigenvalue weighted by atomic mass is 127. The number of benzene rings is 2. The van der Waals surface area contributed by atoms with E-state index in [1.54, 1.807) is 18.2 Å². The normalized spacial score (nSPS) is 11.7. The topological polar surface area (TPSA) is 83.0 Å². The third-order valence-corrected chi connectivity index (χ3v) is 5.80. The fourth-order valence-corrected chi connectivity index (χ4v) is 3.55. The summed E-state index contributed by atoms with van der Waals surface area (Å²) in [5.41, 5.74) is 0.647. The second kappa shape index (κ2) is 12.7. The molecule has 0 bridgehead atoms. The molecule has 0 radical (unpaired) electrons. The summed E-state index contributed by atoms with van der Waals surface area (Å²) in [5, 5.41) is 6.35. The molecule has 0 amide bonds. The lowest BCUT2D eigenvalue weighted by molar-refractivity contribution is 0.322. The van der Waals surface area contributed by atoms with Gasteiger partial charge in [-0.25, -0.2) is 17.7 Å². The molecule has 0 unspecified atom stereocenters. The SMILES string of the molecule is CCNC(=NCc1ccccc1S(=O)(=O)N(C)C)NCCOc1ccccc1.I. The second-order valence-electron chi connectivity index (χ2n) is 6.18. The van der Waals surface area contributed by atoms with Gasteiger partial charge in [0.2, 0.25) is 10.0 Å². The van der Waals surface area contributed by atoms with Gasteiger partial charge in [-0.15, -0.1) is 24.0 Å². The van der Waals surface area contributed by atoms with Gasteiger partial charge in [0.05, 0.1) is 18.0 Å². The number of guanidine groups is 1. The van der Waals surface area contributed by atoms with Crippen molar-refractivity contribution in [3.05, 3.63) is 60.2 Å². The highest BCUT2D eigenvalue weighted by Gasteiger charge is 2.20. The molecule has 2 N–H and O–H groups in total. The van der Waals surface area contributed by atoms with Crippen LogP contribution in [0.4, 0.5) is 0 Å². The van der Waals surface area contributed by atoms with Crippen molar-refractivity contribution in [3.63, 3.8) is 0 Å². The highest BCUT2D eigenvalue weighted by Crippen LogP contribution is 2.19. The van der Waals surface area contributed by atoms with Crippen LogP contribution in [0, 0.1) is 0 Å². The maximum atomic E-state index is 12.5. The minimum atomic E-state index is -3.52. The monoisotopic (exact) mass is 532 g/mol. The Bertz CT molecular complexity index is 874. The summed E-state index contributed by atoms with van der Waals surface area (Å²) in [4.78, 5) is 4.79. The van der Waals surface area contributed by atoms with Crippen LogP contribution < -0.4 is 15.4 Å². The van der Waals surface area contributed by atoms with Gasteiger partial charge in [-0.1, -0.05) is 36.4 Å². The molecule has 0 spiro atoms. The average Bonchev–Trinajstić information content (AvgIpc) is 2.70. The zero-order chi connectivity index (χ0) is 20.4. The maximum Gasteiger partial charge on any atom is 0.242 e. The lowest BCUT2D eigenvalue weighted by Gasteiger charge is -2.15. The van der Waals surface area contributed by atoms with Crippen molar-refractivity contribution >= 4 is 40.0 Å². The summed E-state index contributed by atoms with van der Waals surface area (Å²) in [5.74, 6) is 1.42. The van der Waals surface area contributed by atoms with Crippen molar-refractivity contribution in [3.8, 4) is 5.75 Å². The largest absolute Gasteiger partial charge is 0.492 e. The van der Waals surface area contributed by atoms with Crippen LogP contribution in [-0.4, -0.2) is 52.5 Å². The van der Waals surface area contributed by atoms with Crippen LogP contribution in [0.1, 0.15) is 12.5 Å². The van der Waals surface area contributed by atoms with Crippen LogP contribution >= 0.6 is 24.0 Å². The number of ether oxygens (including phenoxy) is 1. The smallest absolute Gasteiger partial charge is 0.242 e. The maximum absolute atomic E-state index is 12.5. The Morgan fingerprint density at radius 3 is 2.34 bits per heavy atom. The van der Waals surface area contributed by atoms with E-state index < -0.39 is 10.0 Å². The van der Waals surface area contributed by atoms with E-state index in [2.05, 4.69) is 15.6 Å². The minimum Gasteiger partial charge on any atom is -0.492 e. The molecule has 9 heteroatoms. The molecule has 0 aliphatic rings. The first-order valence-corrected chi connectivity index (χ1v) is 10.6. The number of sulfonamides is 1. The van der Waals surface area contributed by atoms with Crippen molar-refractivity contribution in [2.75, 3.05) is 33.8 Å². The standard InChI is InChI=1S/C20H28N4O3S.HI/c1-4-21-20(22-14-15-27-18-11-6-5-7-12-18)23-16-17-10-8-9-13-19(17)28(25,26)24(2)3;/h5-13H,4,14-16H2,1-3H3,(H2,21,22,23);1H. The van der Waals surface area contributed by atoms with Gasteiger partial charge in [-0.05, 0) is 30.7 Å². The van der Waals surface area contributed by atoms with Crippen molar-refractivity contribution in [1.82, 2.24) is 14.9 Å². The number of nitrogens with zero attached hydrogens (tertiary/aromatic N) is 2. The van der Waals surface area contributed by atoms with Gasteiger partial charge in [-0.3, -0.25) is 0 Å². The predicted octanol–water partition coefficient (Wildman–Crippen LogP) is 2.69. The molecule has 29 heavy (non-hydrogen) atoms. The van der Waals surface area contributed by atoms with Gasteiger partial charge in [0.1, 0.15) is 12.4 Å². The molecule has 2 aromatic carbocycles. The van der Waals surface area contributed by atoms with E-state index in [-0.39, 0.29) is 35.4 Å². The van der Waals surface area contributed by atoms with Gasteiger partial charge in [0.15, 0.2) is 5.96 Å². The number of hydrogen-bond donors (Lipinski definition) is 2. The van der Waals surface area contributed by atoms with E-state index in [0.717, 1.165) is 5.75 Å². The number of halogens is 1. The van der Waals surface area contributed by atoms with Gasteiger partial charge in [0.25, 0.3) is 0 Å². The number of hydrogen-bond acceptors (Lipinski definition) is 4. The van der Waals surface area contributed by atoms with Gasteiger partial charge in [0, 0.05) is 20.6 Å². The van der Waals surface area contributed by atoms with E-state index in [4.69, 9.17) is 4.74 Å².